The predicted molar refractivity (Wildman–Crippen MR) is 140 cm³/mol. The molecule has 2 aromatic carbocycles. The van der Waals surface area contributed by atoms with E-state index < -0.39 is 15.8 Å². The molecule has 8 heteroatoms. The zero-order valence-corrected chi connectivity index (χ0v) is 22.3. The van der Waals surface area contributed by atoms with E-state index in [0.29, 0.717) is 30.2 Å². The first kappa shape index (κ1) is 26.6. The highest BCUT2D eigenvalue weighted by atomic mass is 32.2. The summed E-state index contributed by atoms with van der Waals surface area (Å²) in [7, 11) is -2.32. The Morgan fingerprint density at radius 2 is 1.57 bits per heavy atom. The van der Waals surface area contributed by atoms with Gasteiger partial charge < -0.3 is 10.1 Å². The van der Waals surface area contributed by atoms with Gasteiger partial charge in [0.2, 0.25) is 10.0 Å². The first-order valence-corrected chi connectivity index (χ1v) is 15.2. The number of rotatable bonds is 10. The van der Waals surface area contributed by atoms with Gasteiger partial charge in [0.1, 0.15) is 10.7 Å². The second kappa shape index (κ2) is 11.4. The van der Waals surface area contributed by atoms with E-state index in [1.807, 2.05) is 6.07 Å². The predicted octanol–water partition coefficient (Wildman–Crippen LogP) is 5.55. The van der Waals surface area contributed by atoms with Gasteiger partial charge >= 0.3 is 0 Å². The first-order valence-electron chi connectivity index (χ1n) is 13.7. The maximum atomic E-state index is 14.6. The lowest BCUT2D eigenvalue weighted by molar-refractivity contribution is 0.249. The van der Waals surface area contributed by atoms with E-state index in [0.717, 1.165) is 63.0 Å². The van der Waals surface area contributed by atoms with E-state index in [2.05, 4.69) is 10.0 Å². The fourth-order valence-electron chi connectivity index (χ4n) is 6.23. The molecule has 2 fully saturated rings. The Hall–Kier alpha value is -2.03. The summed E-state index contributed by atoms with van der Waals surface area (Å²) < 4.78 is 61.4. The SMILES string of the molecule is COc1cc2c(cc1F)C(CC1CC1)C(NCC1CCC(CNS(=O)(=O)c3ccccc3F)CC1)CC2. The molecule has 0 aliphatic heterocycles. The highest BCUT2D eigenvalue weighted by Gasteiger charge is 2.36. The average Bonchev–Trinajstić information content (AvgIpc) is 3.72. The van der Waals surface area contributed by atoms with Crippen LogP contribution in [0.25, 0.3) is 0 Å². The Balaban J connectivity index is 1.13. The standard InChI is InChI=1S/C29H38F2N2O3S/c1-36-28-15-22-12-13-27(24(14-19-6-7-19)23(22)16-26(28)31)32-17-20-8-10-21(11-9-20)18-33-37(34,35)29-5-3-2-4-25(29)30/h2-5,15-16,19-21,24,27,32-33H,6-14,17-18H2,1H3. The Morgan fingerprint density at radius 1 is 0.892 bits per heavy atom. The molecule has 2 unspecified atom stereocenters. The highest BCUT2D eigenvalue weighted by Crippen LogP contribution is 2.45. The largest absolute Gasteiger partial charge is 0.494 e. The van der Waals surface area contributed by atoms with Crippen molar-refractivity contribution in [1.29, 1.82) is 0 Å². The lowest BCUT2D eigenvalue weighted by Gasteiger charge is -2.37. The third-order valence-electron chi connectivity index (χ3n) is 8.63. The van der Waals surface area contributed by atoms with Gasteiger partial charge in [-0.25, -0.2) is 21.9 Å². The highest BCUT2D eigenvalue weighted by molar-refractivity contribution is 7.89. The van der Waals surface area contributed by atoms with Crippen LogP contribution in [-0.4, -0.2) is 34.7 Å². The fraction of sp³-hybridized carbons (Fsp3) is 0.586. The number of hydrogen-bond acceptors (Lipinski definition) is 4. The molecule has 0 spiro atoms. The third-order valence-corrected chi connectivity index (χ3v) is 10.1. The molecule has 0 saturated heterocycles. The van der Waals surface area contributed by atoms with Crippen molar-refractivity contribution in [3.05, 3.63) is 59.2 Å². The Kier molecular flexibility index (Phi) is 8.17. The van der Waals surface area contributed by atoms with E-state index in [-0.39, 0.29) is 16.6 Å². The number of nitrogens with one attached hydrogen (secondary N) is 2. The molecule has 5 rings (SSSR count). The maximum absolute atomic E-state index is 14.6. The zero-order chi connectivity index (χ0) is 26.0. The lowest BCUT2D eigenvalue weighted by atomic mass is 9.76. The molecule has 0 heterocycles. The molecule has 2 N–H and O–H groups in total. The topological polar surface area (TPSA) is 67.4 Å². The lowest BCUT2D eigenvalue weighted by Crippen LogP contribution is -2.42. The van der Waals surface area contributed by atoms with Gasteiger partial charge in [-0.3, -0.25) is 0 Å². The maximum Gasteiger partial charge on any atom is 0.243 e. The van der Waals surface area contributed by atoms with E-state index in [1.165, 1.54) is 49.8 Å². The molecule has 5 nitrogen and oxygen atoms in total. The molecule has 3 aliphatic rings. The van der Waals surface area contributed by atoms with Crippen molar-refractivity contribution in [2.75, 3.05) is 20.2 Å². The number of methoxy groups -OCH3 is 1. The minimum atomic E-state index is -3.84. The minimum absolute atomic E-state index is 0.264. The van der Waals surface area contributed by atoms with Gasteiger partial charge in [-0.05, 0) is 111 Å². The van der Waals surface area contributed by atoms with Crippen LogP contribution in [0.2, 0.25) is 0 Å². The Bertz CT molecular complexity index is 1190. The van der Waals surface area contributed by atoms with Gasteiger partial charge in [0.15, 0.2) is 11.6 Å². The summed E-state index contributed by atoms with van der Waals surface area (Å²) in [6, 6.07) is 9.44. The number of aryl methyl sites for hydroxylation is 1. The van der Waals surface area contributed by atoms with E-state index in [9.17, 15) is 17.2 Å². The molecular formula is C29H38F2N2O3S. The monoisotopic (exact) mass is 532 g/mol. The number of ether oxygens (including phenoxy) is 1. The summed E-state index contributed by atoms with van der Waals surface area (Å²) in [6.45, 7) is 1.28. The molecule has 0 aromatic heterocycles. The summed E-state index contributed by atoms with van der Waals surface area (Å²) in [5, 5.41) is 3.86. The van der Waals surface area contributed by atoms with Crippen LogP contribution in [0.5, 0.6) is 5.75 Å². The number of fused-ring (bicyclic) bond motifs is 1. The summed E-state index contributed by atoms with van der Waals surface area (Å²) in [4.78, 5) is -0.291. The number of hydrogen-bond donors (Lipinski definition) is 2. The third kappa shape index (κ3) is 6.35. The van der Waals surface area contributed by atoms with E-state index in [1.54, 1.807) is 6.07 Å². The molecule has 37 heavy (non-hydrogen) atoms. The molecule has 0 radical (unpaired) electrons. The van der Waals surface area contributed by atoms with Gasteiger partial charge in [-0.15, -0.1) is 0 Å². The van der Waals surface area contributed by atoms with Crippen LogP contribution in [-0.2, 0) is 16.4 Å². The van der Waals surface area contributed by atoms with Crippen LogP contribution in [0.15, 0.2) is 41.3 Å². The summed E-state index contributed by atoms with van der Waals surface area (Å²) in [5.74, 6) is 1.25. The average molecular weight is 533 g/mol. The number of benzene rings is 2. The molecule has 3 aliphatic carbocycles. The summed E-state index contributed by atoms with van der Waals surface area (Å²) >= 11 is 0. The van der Waals surface area contributed by atoms with Crippen molar-refractivity contribution in [2.45, 2.75) is 74.6 Å². The Labute approximate surface area is 219 Å². The van der Waals surface area contributed by atoms with Crippen LogP contribution >= 0.6 is 0 Å². The van der Waals surface area contributed by atoms with Crippen LogP contribution in [0.4, 0.5) is 8.78 Å². The molecule has 202 valence electrons. The zero-order valence-electron chi connectivity index (χ0n) is 21.5. The minimum Gasteiger partial charge on any atom is -0.494 e. The van der Waals surface area contributed by atoms with E-state index >= 15 is 0 Å². The fourth-order valence-corrected chi connectivity index (χ4v) is 7.42. The molecule has 2 aromatic rings. The number of halogens is 2. The van der Waals surface area contributed by atoms with Crippen molar-refractivity contribution in [1.82, 2.24) is 10.0 Å². The van der Waals surface area contributed by atoms with Crippen LogP contribution in [0.3, 0.4) is 0 Å². The van der Waals surface area contributed by atoms with Gasteiger partial charge in [-0.1, -0.05) is 25.0 Å². The molecule has 0 bridgehead atoms. The second-order valence-electron chi connectivity index (χ2n) is 11.2. The van der Waals surface area contributed by atoms with Crippen molar-refractivity contribution >= 4 is 10.0 Å². The summed E-state index contributed by atoms with van der Waals surface area (Å²) in [5.41, 5.74) is 2.38. The van der Waals surface area contributed by atoms with Crippen molar-refractivity contribution in [3.63, 3.8) is 0 Å². The van der Waals surface area contributed by atoms with Gasteiger partial charge in [0, 0.05) is 12.6 Å². The van der Waals surface area contributed by atoms with Gasteiger partial charge in [-0.2, -0.15) is 0 Å². The smallest absolute Gasteiger partial charge is 0.243 e. The molecule has 2 atom stereocenters. The van der Waals surface area contributed by atoms with Crippen LogP contribution < -0.4 is 14.8 Å². The molecular weight excluding hydrogens is 494 g/mol. The van der Waals surface area contributed by atoms with E-state index in [4.69, 9.17) is 4.74 Å². The first-order chi connectivity index (χ1) is 17.8. The van der Waals surface area contributed by atoms with Crippen molar-refractivity contribution in [2.24, 2.45) is 17.8 Å². The quantitative estimate of drug-likeness (QED) is 0.421. The van der Waals surface area contributed by atoms with Crippen LogP contribution in [0.1, 0.15) is 68.4 Å². The number of sulfonamides is 1. The van der Waals surface area contributed by atoms with Crippen LogP contribution in [0, 0.1) is 29.4 Å². The summed E-state index contributed by atoms with van der Waals surface area (Å²) in [6.07, 6.45) is 9.65. The molecule has 0 amide bonds. The van der Waals surface area contributed by atoms with Gasteiger partial charge in [0.25, 0.3) is 0 Å². The molecule has 2 saturated carbocycles. The Morgan fingerprint density at radius 3 is 2.24 bits per heavy atom. The second-order valence-corrected chi connectivity index (χ2v) is 12.9. The normalized spacial score (nSPS) is 26.0. The van der Waals surface area contributed by atoms with Gasteiger partial charge in [0.05, 0.1) is 7.11 Å². The van der Waals surface area contributed by atoms with Crippen molar-refractivity contribution in [3.8, 4) is 5.75 Å². The van der Waals surface area contributed by atoms with Crippen molar-refractivity contribution < 1.29 is 21.9 Å².